The van der Waals surface area contributed by atoms with Crippen molar-refractivity contribution in [1.82, 2.24) is 0 Å². The summed E-state index contributed by atoms with van der Waals surface area (Å²) in [5.74, 6) is -18.9. The summed E-state index contributed by atoms with van der Waals surface area (Å²) in [6.45, 7) is 0. The van der Waals surface area contributed by atoms with Gasteiger partial charge in [-0.3, -0.25) is 0 Å². The minimum atomic E-state index is -7.63. The lowest BCUT2D eigenvalue weighted by atomic mass is 9.54. The fraction of sp³-hybridized carbons (Fsp3) is 0.727. The summed E-state index contributed by atoms with van der Waals surface area (Å²) < 4.78 is 258. The third-order valence-electron chi connectivity index (χ3n) is 8.42. The molecule has 0 aromatic carbocycles. The van der Waals surface area contributed by atoms with E-state index in [9.17, 15) is 78.3 Å². The molecule has 4 saturated carbocycles. The van der Waals surface area contributed by atoms with Crippen LogP contribution in [0.3, 0.4) is 0 Å². The number of rotatable bonds is 5. The Morgan fingerprint density at radius 2 is 1.16 bits per heavy atom. The highest BCUT2D eigenvalue weighted by atomic mass is 32.3. The van der Waals surface area contributed by atoms with Gasteiger partial charge in [-0.15, -0.1) is 0 Å². The van der Waals surface area contributed by atoms with E-state index in [2.05, 4.69) is 0 Å². The fourth-order valence-electron chi connectivity index (χ4n) is 7.00. The maximum atomic E-state index is 15.5. The molecule has 0 aromatic heterocycles. The molecule has 4 nitrogen and oxygen atoms in total. The van der Waals surface area contributed by atoms with Crippen molar-refractivity contribution in [2.24, 2.45) is 17.3 Å². The van der Waals surface area contributed by atoms with Crippen LogP contribution in [0.25, 0.3) is 0 Å². The summed E-state index contributed by atoms with van der Waals surface area (Å²) in [6.07, 6.45) is -30.8. The van der Waals surface area contributed by atoms with Crippen molar-refractivity contribution in [3.05, 3.63) is 33.1 Å². The first-order chi connectivity index (χ1) is 19.1. The van der Waals surface area contributed by atoms with E-state index in [1.165, 1.54) is 0 Å². The summed E-state index contributed by atoms with van der Waals surface area (Å²) in [5.41, 5.74) is -12.8. The minimum absolute atomic E-state index is 0.0815. The molecule has 3 unspecified atom stereocenters. The normalized spacial score (nSPS) is 33.9. The largest absolute Gasteiger partial charge is 0.413 e. The van der Waals surface area contributed by atoms with Crippen molar-refractivity contribution in [3.63, 3.8) is 0 Å². The molecular formula is C22H17F15O4S2. The molecular weight excluding hydrogens is 677 g/mol. The van der Waals surface area contributed by atoms with Crippen molar-refractivity contribution >= 4 is 19.7 Å². The van der Waals surface area contributed by atoms with E-state index < -0.39 is 130 Å². The molecule has 0 saturated heterocycles. The monoisotopic (exact) mass is 694 g/mol. The molecule has 43 heavy (non-hydrogen) atoms. The van der Waals surface area contributed by atoms with Crippen LogP contribution in [-0.4, -0.2) is 57.7 Å². The Kier molecular flexibility index (Phi) is 7.53. The molecule has 0 aliphatic heterocycles. The van der Waals surface area contributed by atoms with Gasteiger partial charge in [-0.25, -0.2) is 43.2 Å². The molecule has 3 atom stereocenters. The molecule has 0 radical (unpaired) electrons. The number of hydrogen-bond acceptors (Lipinski definition) is 4. The zero-order valence-corrected chi connectivity index (χ0v) is 22.4. The Balaban J connectivity index is 2.11. The average molecular weight is 694 g/mol. The quantitative estimate of drug-likeness (QED) is 0.281. The average Bonchev–Trinajstić information content (AvgIpc) is 2.78. The number of allylic oxidation sites excluding steroid dienone is 5. The topological polar surface area (TPSA) is 68.3 Å². The number of halogens is 15. The third kappa shape index (κ3) is 4.79. The molecule has 0 spiro atoms. The van der Waals surface area contributed by atoms with Gasteiger partial charge in [0.2, 0.25) is 0 Å². The predicted octanol–water partition coefficient (Wildman–Crippen LogP) is 7.41. The fourth-order valence-corrected chi connectivity index (χ4v) is 13.0. The second-order valence-electron chi connectivity index (χ2n) is 11.3. The molecule has 246 valence electrons. The molecule has 5 aliphatic carbocycles. The second-order valence-corrected chi connectivity index (χ2v) is 15.8. The maximum Gasteiger partial charge on any atom is 0.413 e. The molecule has 0 heterocycles. The van der Waals surface area contributed by atoms with Crippen LogP contribution in [0.5, 0.6) is 0 Å². The van der Waals surface area contributed by atoms with Crippen molar-refractivity contribution in [3.8, 4) is 0 Å². The number of hydrogen-bond donors (Lipinski definition) is 0. The van der Waals surface area contributed by atoms with Gasteiger partial charge in [-0.1, -0.05) is 0 Å². The van der Waals surface area contributed by atoms with Crippen molar-refractivity contribution < 1.29 is 82.7 Å². The Bertz CT molecular complexity index is 1480. The van der Waals surface area contributed by atoms with Gasteiger partial charge in [0.1, 0.15) is 5.67 Å². The molecule has 21 heteroatoms. The smallest absolute Gasteiger partial charge is 0.244 e. The van der Waals surface area contributed by atoms with Crippen LogP contribution in [-0.2, 0) is 19.7 Å². The minimum Gasteiger partial charge on any atom is -0.244 e. The van der Waals surface area contributed by atoms with Crippen LogP contribution in [0, 0.1) is 17.3 Å². The van der Waals surface area contributed by atoms with E-state index in [0.717, 1.165) is 0 Å². The summed E-state index contributed by atoms with van der Waals surface area (Å²) >= 11 is 0. The predicted molar refractivity (Wildman–Crippen MR) is 115 cm³/mol. The standard InChI is InChI=1S/C22H17F15O4S2/c23-11-10(12(24)14(26)15(27)13(11)25)16(42(38,39)7-19(20(29,30)31,21(32,33)34)22(35,36)37)43(40,41)18-4-8-1-9(5-18)3-17(28,2-8)6-18/h8-9,11H,1-7H2. The molecule has 4 fully saturated rings. The summed E-state index contributed by atoms with van der Waals surface area (Å²) in [4.78, 5) is 0. The zero-order chi connectivity index (χ0) is 33.1. The van der Waals surface area contributed by atoms with Crippen molar-refractivity contribution in [2.75, 3.05) is 5.75 Å². The van der Waals surface area contributed by atoms with E-state index in [1.807, 2.05) is 0 Å². The Morgan fingerprint density at radius 1 is 0.721 bits per heavy atom. The van der Waals surface area contributed by atoms with Crippen LogP contribution in [0.4, 0.5) is 65.9 Å². The first kappa shape index (κ1) is 34.0. The zero-order valence-electron chi connectivity index (χ0n) is 20.8. The summed E-state index contributed by atoms with van der Waals surface area (Å²) in [7, 11) is -14.0. The van der Waals surface area contributed by atoms with E-state index in [-0.39, 0.29) is 19.3 Å². The van der Waals surface area contributed by atoms with E-state index in [0.29, 0.717) is 0 Å². The lowest BCUT2D eigenvalue weighted by molar-refractivity contribution is -0.418. The summed E-state index contributed by atoms with van der Waals surface area (Å²) in [6, 6.07) is 0. The van der Waals surface area contributed by atoms with Crippen molar-refractivity contribution in [1.29, 1.82) is 0 Å². The van der Waals surface area contributed by atoms with Gasteiger partial charge in [0, 0.05) is 6.42 Å². The van der Waals surface area contributed by atoms with Crippen LogP contribution in [0.15, 0.2) is 33.1 Å². The molecule has 4 bridgehead atoms. The second kappa shape index (κ2) is 9.54. The van der Waals surface area contributed by atoms with Gasteiger partial charge in [-0.2, -0.15) is 39.5 Å². The molecule has 0 aromatic rings. The maximum absolute atomic E-state index is 15.5. The first-order valence-corrected chi connectivity index (χ1v) is 15.1. The lowest BCUT2D eigenvalue weighted by Crippen LogP contribution is -2.64. The van der Waals surface area contributed by atoms with E-state index >= 15 is 4.39 Å². The van der Waals surface area contributed by atoms with Crippen LogP contribution >= 0.6 is 0 Å². The Hall–Kier alpha value is -1.93. The van der Waals surface area contributed by atoms with Crippen LogP contribution < -0.4 is 0 Å². The van der Waals surface area contributed by atoms with Gasteiger partial charge in [0.25, 0.3) is 5.41 Å². The highest BCUT2D eigenvalue weighted by molar-refractivity contribution is 8.15. The van der Waals surface area contributed by atoms with Crippen LogP contribution in [0.1, 0.15) is 38.5 Å². The highest BCUT2D eigenvalue weighted by Gasteiger charge is 2.85. The summed E-state index contributed by atoms with van der Waals surface area (Å²) in [5, 5.41) is 0. The van der Waals surface area contributed by atoms with Crippen LogP contribution in [0.2, 0.25) is 0 Å². The number of alkyl halides is 11. The Labute approximate surface area is 232 Å². The SMILES string of the molecule is O=S(=O)(CC(C(F)(F)F)(C(F)(F)F)C(F)(F)F)C(=C1C(F)=C(F)C(F)=C(F)C1F)S(=O)(=O)C12CC3CC(CC(F)(C3)C1)C2. The molecule has 5 rings (SSSR count). The van der Waals surface area contributed by atoms with E-state index in [1.54, 1.807) is 0 Å². The van der Waals surface area contributed by atoms with Gasteiger partial charge in [0.05, 0.1) is 16.1 Å². The van der Waals surface area contributed by atoms with Gasteiger partial charge >= 0.3 is 18.5 Å². The first-order valence-electron chi connectivity index (χ1n) is 11.9. The molecule has 5 aliphatic rings. The molecule has 0 N–H and O–H groups in total. The highest BCUT2D eigenvalue weighted by Crippen LogP contribution is 2.65. The van der Waals surface area contributed by atoms with E-state index in [4.69, 9.17) is 0 Å². The van der Waals surface area contributed by atoms with Crippen molar-refractivity contribution in [2.45, 2.75) is 73.6 Å². The number of sulfone groups is 2. The Morgan fingerprint density at radius 3 is 1.56 bits per heavy atom. The third-order valence-corrected chi connectivity index (χ3v) is 13.8. The lowest BCUT2D eigenvalue weighted by Gasteiger charge is -2.58. The van der Waals surface area contributed by atoms with Gasteiger partial charge in [-0.05, 0) is 43.9 Å². The molecule has 0 amide bonds. The van der Waals surface area contributed by atoms with Gasteiger partial charge < -0.3 is 0 Å². The van der Waals surface area contributed by atoms with Gasteiger partial charge in [0.15, 0.2) is 53.4 Å².